The predicted molar refractivity (Wildman–Crippen MR) is 67.4 cm³/mol. The van der Waals surface area contributed by atoms with E-state index in [1.54, 1.807) is 36.7 Å². The molecule has 0 saturated carbocycles. The Bertz CT molecular complexity index is 751. The quantitative estimate of drug-likeness (QED) is 0.705. The molecule has 0 fully saturated rings. The number of phenolic OH excluding ortho intramolecular Hbond substituents is 1. The SMILES string of the molecule is N#Cc1cn(-c2ccc(O)cc2)c2ncccc12. The summed E-state index contributed by atoms with van der Waals surface area (Å²) in [4.78, 5) is 4.30. The van der Waals surface area contributed by atoms with Crippen LogP contribution in [0.3, 0.4) is 0 Å². The van der Waals surface area contributed by atoms with Crippen LogP contribution in [0.1, 0.15) is 5.56 Å². The van der Waals surface area contributed by atoms with Crippen molar-refractivity contribution < 1.29 is 5.11 Å². The number of pyridine rings is 1. The molecular formula is C14H9N3O. The predicted octanol–water partition coefficient (Wildman–Crippen LogP) is 2.60. The number of benzene rings is 1. The Morgan fingerprint density at radius 2 is 1.94 bits per heavy atom. The molecule has 3 aromatic rings. The van der Waals surface area contributed by atoms with Gasteiger partial charge in [-0.15, -0.1) is 0 Å². The lowest BCUT2D eigenvalue weighted by Crippen LogP contribution is -1.92. The zero-order valence-electron chi connectivity index (χ0n) is 9.41. The van der Waals surface area contributed by atoms with Gasteiger partial charge in [-0.3, -0.25) is 4.57 Å². The van der Waals surface area contributed by atoms with E-state index >= 15 is 0 Å². The molecule has 0 radical (unpaired) electrons. The Balaban J connectivity index is 2.30. The standard InChI is InChI=1S/C14H9N3O/c15-8-10-9-17(11-3-5-12(18)6-4-11)14-13(10)2-1-7-16-14/h1-7,9,18H. The van der Waals surface area contributed by atoms with Crippen molar-refractivity contribution in [3.63, 3.8) is 0 Å². The summed E-state index contributed by atoms with van der Waals surface area (Å²) < 4.78 is 1.84. The van der Waals surface area contributed by atoms with Crippen LogP contribution in [0.25, 0.3) is 16.7 Å². The van der Waals surface area contributed by atoms with Gasteiger partial charge in [0.15, 0.2) is 0 Å². The highest BCUT2D eigenvalue weighted by Gasteiger charge is 2.09. The molecule has 0 bridgehead atoms. The van der Waals surface area contributed by atoms with Gasteiger partial charge in [0, 0.05) is 23.5 Å². The number of hydrogen-bond donors (Lipinski definition) is 1. The van der Waals surface area contributed by atoms with Crippen molar-refractivity contribution in [2.45, 2.75) is 0 Å². The minimum absolute atomic E-state index is 0.212. The van der Waals surface area contributed by atoms with Crippen LogP contribution < -0.4 is 0 Å². The summed E-state index contributed by atoms with van der Waals surface area (Å²) in [6, 6.07) is 12.6. The molecular weight excluding hydrogens is 226 g/mol. The van der Waals surface area contributed by atoms with Crippen molar-refractivity contribution in [1.29, 1.82) is 5.26 Å². The van der Waals surface area contributed by atoms with Gasteiger partial charge >= 0.3 is 0 Å². The third-order valence-electron chi connectivity index (χ3n) is 2.81. The van der Waals surface area contributed by atoms with E-state index < -0.39 is 0 Å². The van der Waals surface area contributed by atoms with Crippen molar-refractivity contribution in [3.05, 3.63) is 54.4 Å². The largest absolute Gasteiger partial charge is 0.508 e. The van der Waals surface area contributed by atoms with Crippen molar-refractivity contribution >= 4 is 11.0 Å². The summed E-state index contributed by atoms with van der Waals surface area (Å²) in [6.45, 7) is 0. The van der Waals surface area contributed by atoms with Crippen molar-refractivity contribution in [3.8, 4) is 17.5 Å². The molecule has 2 heterocycles. The normalized spacial score (nSPS) is 10.4. The summed E-state index contributed by atoms with van der Waals surface area (Å²) >= 11 is 0. The lowest BCUT2D eigenvalue weighted by atomic mass is 10.2. The molecule has 18 heavy (non-hydrogen) atoms. The van der Waals surface area contributed by atoms with Crippen LogP contribution in [-0.2, 0) is 0 Å². The molecule has 0 saturated heterocycles. The van der Waals surface area contributed by atoms with E-state index in [-0.39, 0.29) is 5.75 Å². The topological polar surface area (TPSA) is 61.8 Å². The van der Waals surface area contributed by atoms with E-state index in [2.05, 4.69) is 11.1 Å². The Morgan fingerprint density at radius 3 is 2.67 bits per heavy atom. The molecule has 3 rings (SSSR count). The molecule has 0 unspecified atom stereocenters. The molecule has 0 aliphatic rings. The van der Waals surface area contributed by atoms with Gasteiger partial charge in [0.2, 0.25) is 0 Å². The van der Waals surface area contributed by atoms with Crippen LogP contribution in [-0.4, -0.2) is 14.7 Å². The van der Waals surface area contributed by atoms with Crippen LogP contribution in [0.15, 0.2) is 48.8 Å². The first-order chi connectivity index (χ1) is 8.79. The van der Waals surface area contributed by atoms with Gasteiger partial charge < -0.3 is 5.11 Å². The summed E-state index contributed by atoms with van der Waals surface area (Å²) in [7, 11) is 0. The number of hydrogen-bond acceptors (Lipinski definition) is 3. The number of rotatable bonds is 1. The average molecular weight is 235 g/mol. The van der Waals surface area contributed by atoms with E-state index in [4.69, 9.17) is 5.26 Å². The maximum Gasteiger partial charge on any atom is 0.145 e. The number of aromatic nitrogens is 2. The van der Waals surface area contributed by atoms with Crippen LogP contribution in [0, 0.1) is 11.3 Å². The van der Waals surface area contributed by atoms with Gasteiger partial charge in [-0.2, -0.15) is 5.26 Å². The Labute approximate surface area is 103 Å². The number of fused-ring (bicyclic) bond motifs is 1. The van der Waals surface area contributed by atoms with Crippen LogP contribution in [0.5, 0.6) is 5.75 Å². The summed E-state index contributed by atoms with van der Waals surface area (Å²) in [5, 5.41) is 19.2. The summed E-state index contributed by atoms with van der Waals surface area (Å²) in [6.07, 6.45) is 3.45. The molecule has 1 N–H and O–H groups in total. The first-order valence-electron chi connectivity index (χ1n) is 5.45. The molecule has 4 nitrogen and oxygen atoms in total. The molecule has 86 valence electrons. The molecule has 0 aliphatic heterocycles. The summed E-state index contributed by atoms with van der Waals surface area (Å²) in [5.41, 5.74) is 2.18. The fourth-order valence-corrected chi connectivity index (χ4v) is 1.96. The number of nitriles is 1. The van der Waals surface area contributed by atoms with Gasteiger partial charge in [-0.25, -0.2) is 4.98 Å². The fourth-order valence-electron chi connectivity index (χ4n) is 1.96. The first kappa shape index (κ1) is 10.4. The van der Waals surface area contributed by atoms with E-state index in [0.29, 0.717) is 5.56 Å². The molecule has 0 amide bonds. The van der Waals surface area contributed by atoms with E-state index in [1.807, 2.05) is 16.7 Å². The lowest BCUT2D eigenvalue weighted by Gasteiger charge is -2.03. The second-order valence-corrected chi connectivity index (χ2v) is 3.92. The maximum absolute atomic E-state index is 9.29. The van der Waals surface area contributed by atoms with Gasteiger partial charge in [-0.05, 0) is 36.4 Å². The monoisotopic (exact) mass is 235 g/mol. The summed E-state index contributed by atoms with van der Waals surface area (Å²) in [5.74, 6) is 0.212. The third-order valence-corrected chi connectivity index (χ3v) is 2.81. The van der Waals surface area contributed by atoms with Crippen molar-refractivity contribution in [2.75, 3.05) is 0 Å². The van der Waals surface area contributed by atoms with E-state index in [9.17, 15) is 5.11 Å². The van der Waals surface area contributed by atoms with E-state index in [0.717, 1.165) is 16.7 Å². The highest BCUT2D eigenvalue weighted by molar-refractivity contribution is 5.84. The highest BCUT2D eigenvalue weighted by Crippen LogP contribution is 2.23. The molecule has 0 atom stereocenters. The lowest BCUT2D eigenvalue weighted by molar-refractivity contribution is 0.475. The van der Waals surface area contributed by atoms with Crippen LogP contribution >= 0.6 is 0 Å². The zero-order chi connectivity index (χ0) is 12.5. The van der Waals surface area contributed by atoms with Gasteiger partial charge in [0.1, 0.15) is 17.5 Å². The first-order valence-corrected chi connectivity index (χ1v) is 5.45. The van der Waals surface area contributed by atoms with Gasteiger partial charge in [0.25, 0.3) is 0 Å². The number of nitrogens with zero attached hydrogens (tertiary/aromatic N) is 3. The number of phenols is 1. The van der Waals surface area contributed by atoms with Gasteiger partial charge in [-0.1, -0.05) is 0 Å². The fraction of sp³-hybridized carbons (Fsp3) is 0. The van der Waals surface area contributed by atoms with Crippen LogP contribution in [0.4, 0.5) is 0 Å². The molecule has 1 aromatic carbocycles. The van der Waals surface area contributed by atoms with Crippen molar-refractivity contribution in [2.24, 2.45) is 0 Å². The highest BCUT2D eigenvalue weighted by atomic mass is 16.3. The second-order valence-electron chi connectivity index (χ2n) is 3.92. The minimum atomic E-state index is 0.212. The molecule has 0 aliphatic carbocycles. The number of aromatic hydroxyl groups is 1. The Morgan fingerprint density at radius 1 is 1.17 bits per heavy atom. The maximum atomic E-state index is 9.29. The second kappa shape index (κ2) is 3.90. The smallest absolute Gasteiger partial charge is 0.145 e. The molecule has 2 aromatic heterocycles. The van der Waals surface area contributed by atoms with Crippen molar-refractivity contribution in [1.82, 2.24) is 9.55 Å². The molecule has 4 heteroatoms. The van der Waals surface area contributed by atoms with E-state index in [1.165, 1.54) is 0 Å². The average Bonchev–Trinajstić information content (AvgIpc) is 2.79. The Hall–Kier alpha value is -2.80. The van der Waals surface area contributed by atoms with Gasteiger partial charge in [0.05, 0.1) is 5.56 Å². The molecule has 0 spiro atoms. The minimum Gasteiger partial charge on any atom is -0.508 e. The zero-order valence-corrected chi connectivity index (χ0v) is 9.41. The third kappa shape index (κ3) is 1.50. The Kier molecular flexibility index (Phi) is 2.24. The van der Waals surface area contributed by atoms with Crippen LogP contribution in [0.2, 0.25) is 0 Å².